The van der Waals surface area contributed by atoms with Crippen molar-refractivity contribution in [3.05, 3.63) is 70.8 Å². The predicted molar refractivity (Wildman–Crippen MR) is 154 cm³/mol. The highest BCUT2D eigenvalue weighted by Gasteiger charge is 2.49. The predicted octanol–water partition coefficient (Wildman–Crippen LogP) is 5.90. The van der Waals surface area contributed by atoms with Crippen LogP contribution in [-0.2, 0) is 39.8 Å². The molecule has 0 spiro atoms. The molecule has 3 aliphatic rings. The number of carbonyl (C=O) groups excluding carboxylic acids is 3. The molecule has 2 aromatic carbocycles. The maximum absolute atomic E-state index is 13.9. The lowest BCUT2D eigenvalue weighted by molar-refractivity contribution is -0.169. The summed E-state index contributed by atoms with van der Waals surface area (Å²) in [6.45, 7) is 1.61. The second-order valence-electron chi connectivity index (χ2n) is 12.0. The minimum absolute atomic E-state index is 0.00554. The first-order valence-electron chi connectivity index (χ1n) is 15.4. The van der Waals surface area contributed by atoms with Gasteiger partial charge >= 0.3 is 18.4 Å². The average molecular weight is 655 g/mol. The molecule has 250 valence electrons. The number of benzene rings is 2. The molecule has 2 atom stereocenters. The van der Waals surface area contributed by atoms with Crippen LogP contribution in [0.4, 0.5) is 31.1 Å². The first-order valence-corrected chi connectivity index (χ1v) is 15.4. The van der Waals surface area contributed by atoms with Gasteiger partial charge in [0.25, 0.3) is 0 Å². The highest BCUT2D eigenvalue weighted by molar-refractivity contribution is 5.90. The number of piperazine rings is 1. The molecule has 3 saturated heterocycles. The van der Waals surface area contributed by atoms with Crippen molar-refractivity contribution in [3.8, 4) is 0 Å². The Morgan fingerprint density at radius 3 is 2.07 bits per heavy atom. The Kier molecular flexibility index (Phi) is 10.1. The van der Waals surface area contributed by atoms with Gasteiger partial charge in [-0.05, 0) is 61.7 Å². The van der Waals surface area contributed by atoms with Gasteiger partial charge in [-0.2, -0.15) is 26.3 Å². The van der Waals surface area contributed by atoms with Crippen molar-refractivity contribution in [1.29, 1.82) is 0 Å². The molecule has 0 saturated carbocycles. The zero-order valence-corrected chi connectivity index (χ0v) is 25.2. The fourth-order valence-corrected chi connectivity index (χ4v) is 6.41. The molecule has 46 heavy (non-hydrogen) atoms. The van der Waals surface area contributed by atoms with Gasteiger partial charge in [-0.3, -0.25) is 14.5 Å². The van der Waals surface area contributed by atoms with E-state index in [-0.39, 0.29) is 43.9 Å². The van der Waals surface area contributed by atoms with Gasteiger partial charge in [0.1, 0.15) is 18.8 Å². The lowest BCUT2D eigenvalue weighted by atomic mass is 10.0. The molecule has 8 nitrogen and oxygen atoms in total. The van der Waals surface area contributed by atoms with Crippen molar-refractivity contribution in [2.24, 2.45) is 0 Å². The van der Waals surface area contributed by atoms with Gasteiger partial charge in [0.05, 0.1) is 17.7 Å². The summed E-state index contributed by atoms with van der Waals surface area (Å²) in [7, 11) is 0. The van der Waals surface area contributed by atoms with E-state index < -0.39 is 54.0 Å². The number of nitrogens with zero attached hydrogens (tertiary/aromatic N) is 4. The number of ether oxygens (including phenoxy) is 1. The van der Waals surface area contributed by atoms with E-state index in [1.807, 2.05) is 30.3 Å². The summed E-state index contributed by atoms with van der Waals surface area (Å²) in [6, 6.07) is 9.38. The Balaban J connectivity index is 1.37. The van der Waals surface area contributed by atoms with E-state index in [0.717, 1.165) is 44.3 Å². The number of fused-ring (bicyclic) bond motifs is 1. The summed E-state index contributed by atoms with van der Waals surface area (Å²) in [4.78, 5) is 47.1. The third-order valence-corrected chi connectivity index (χ3v) is 8.73. The quantitative estimate of drug-likeness (QED) is 0.348. The van der Waals surface area contributed by atoms with Crippen molar-refractivity contribution >= 4 is 17.9 Å². The van der Waals surface area contributed by atoms with Crippen molar-refractivity contribution in [2.75, 3.05) is 32.7 Å². The number of rotatable bonds is 7. The molecule has 0 aromatic heterocycles. The molecule has 0 aliphatic carbocycles. The summed E-state index contributed by atoms with van der Waals surface area (Å²) >= 11 is 0. The van der Waals surface area contributed by atoms with Gasteiger partial charge in [-0.1, -0.05) is 43.2 Å². The van der Waals surface area contributed by atoms with Crippen LogP contribution in [-0.4, -0.2) is 82.4 Å². The summed E-state index contributed by atoms with van der Waals surface area (Å²) in [6.07, 6.45) is -7.44. The van der Waals surface area contributed by atoms with Gasteiger partial charge in [-0.25, -0.2) is 4.79 Å². The van der Waals surface area contributed by atoms with E-state index in [4.69, 9.17) is 4.74 Å². The molecule has 5 rings (SSSR count). The van der Waals surface area contributed by atoms with Gasteiger partial charge in [0.2, 0.25) is 11.8 Å². The standard InChI is InChI=1S/C32H36F6N4O4/c33-31(34,35)24-16-23(17-25(18-24)32(36,37)38)21-46-30(45)41-15-11-28(43)42-26(10-14-39-12-6-1-2-7-13-39)29(44)40(20-27(41)42)19-22-8-4-3-5-9-22/h3-5,8-9,16-18,26-27H,1-2,6-7,10-15,19-21H2/t26-,27+/m0/s1. The highest BCUT2D eigenvalue weighted by Crippen LogP contribution is 2.37. The van der Waals surface area contributed by atoms with Crippen molar-refractivity contribution in [1.82, 2.24) is 19.6 Å². The van der Waals surface area contributed by atoms with E-state index >= 15 is 0 Å². The van der Waals surface area contributed by atoms with Crippen molar-refractivity contribution in [3.63, 3.8) is 0 Å². The first-order chi connectivity index (χ1) is 21.8. The SMILES string of the molecule is O=C1[C@H](CCN2CCCCCC2)N2C(=O)CCN(C(=O)OCc3cc(C(F)(F)F)cc(C(F)(F)F)c3)[C@H]2CN1Cc1ccccc1. The van der Waals surface area contributed by atoms with Crippen LogP contribution in [0.25, 0.3) is 0 Å². The molecular weight excluding hydrogens is 618 g/mol. The fraction of sp³-hybridized carbons (Fsp3) is 0.531. The minimum atomic E-state index is -5.05. The second kappa shape index (κ2) is 13.9. The van der Waals surface area contributed by atoms with Crippen LogP contribution in [0, 0.1) is 0 Å². The van der Waals surface area contributed by atoms with Crippen LogP contribution in [0.3, 0.4) is 0 Å². The lowest BCUT2D eigenvalue weighted by Crippen LogP contribution is -2.71. The minimum Gasteiger partial charge on any atom is -0.444 e. The Hall–Kier alpha value is -3.81. The van der Waals surface area contributed by atoms with Crippen LogP contribution < -0.4 is 0 Å². The first kappa shape index (κ1) is 33.6. The molecule has 0 unspecified atom stereocenters. The average Bonchev–Trinajstić information content (AvgIpc) is 3.29. The molecule has 3 aliphatic heterocycles. The maximum Gasteiger partial charge on any atom is 0.416 e. The molecular formula is C32H36F6N4O4. The number of amides is 3. The van der Waals surface area contributed by atoms with Gasteiger partial charge in [0, 0.05) is 26.1 Å². The van der Waals surface area contributed by atoms with Crippen LogP contribution in [0.5, 0.6) is 0 Å². The van der Waals surface area contributed by atoms with E-state index in [9.17, 15) is 40.7 Å². The Bertz CT molecular complexity index is 1360. The van der Waals surface area contributed by atoms with Gasteiger partial charge in [0.15, 0.2) is 0 Å². The third kappa shape index (κ3) is 7.94. The number of hydrogen-bond donors (Lipinski definition) is 0. The summed E-state index contributed by atoms with van der Waals surface area (Å²) in [5.74, 6) is -0.558. The number of carbonyl (C=O) groups is 3. The molecule has 3 heterocycles. The fourth-order valence-electron chi connectivity index (χ4n) is 6.41. The van der Waals surface area contributed by atoms with Crippen LogP contribution in [0.1, 0.15) is 60.8 Å². The lowest BCUT2D eigenvalue weighted by Gasteiger charge is -2.52. The molecule has 3 fully saturated rings. The largest absolute Gasteiger partial charge is 0.444 e. The van der Waals surface area contributed by atoms with Gasteiger partial charge < -0.3 is 19.4 Å². The zero-order chi connectivity index (χ0) is 33.1. The van der Waals surface area contributed by atoms with E-state index in [0.29, 0.717) is 25.1 Å². The zero-order valence-electron chi connectivity index (χ0n) is 25.2. The van der Waals surface area contributed by atoms with Crippen LogP contribution in [0.2, 0.25) is 0 Å². The smallest absolute Gasteiger partial charge is 0.416 e. The Morgan fingerprint density at radius 1 is 0.826 bits per heavy atom. The number of likely N-dealkylation sites (tertiary alicyclic amines) is 1. The molecule has 0 radical (unpaired) electrons. The summed E-state index contributed by atoms with van der Waals surface area (Å²) in [5.41, 5.74) is -2.67. The Morgan fingerprint density at radius 2 is 1.46 bits per heavy atom. The number of alkyl halides is 6. The summed E-state index contributed by atoms with van der Waals surface area (Å²) in [5, 5.41) is 0. The van der Waals surface area contributed by atoms with Crippen LogP contribution in [0.15, 0.2) is 48.5 Å². The van der Waals surface area contributed by atoms with E-state index in [2.05, 4.69) is 4.90 Å². The number of hydrogen-bond acceptors (Lipinski definition) is 5. The normalized spacial score (nSPS) is 21.7. The monoisotopic (exact) mass is 654 g/mol. The van der Waals surface area contributed by atoms with Crippen LogP contribution >= 0.6 is 0 Å². The second-order valence-corrected chi connectivity index (χ2v) is 12.0. The highest BCUT2D eigenvalue weighted by atomic mass is 19.4. The molecule has 3 amide bonds. The maximum atomic E-state index is 13.9. The van der Waals surface area contributed by atoms with Crippen molar-refractivity contribution in [2.45, 2.75) is 76.2 Å². The topological polar surface area (TPSA) is 73.4 Å². The molecule has 0 N–H and O–H groups in total. The third-order valence-electron chi connectivity index (χ3n) is 8.73. The molecule has 0 bridgehead atoms. The van der Waals surface area contributed by atoms with E-state index in [1.54, 1.807) is 4.90 Å². The number of halogens is 6. The molecule has 2 aromatic rings. The summed E-state index contributed by atoms with van der Waals surface area (Å²) < 4.78 is 85.4. The molecule has 14 heteroatoms. The van der Waals surface area contributed by atoms with Crippen molar-refractivity contribution < 1.29 is 45.5 Å². The Labute approximate surface area is 262 Å². The van der Waals surface area contributed by atoms with Gasteiger partial charge in [-0.15, -0.1) is 0 Å². The van der Waals surface area contributed by atoms with E-state index in [1.165, 1.54) is 9.80 Å².